The molecule has 7 heavy (non-hydrogen) atoms. The van der Waals surface area contributed by atoms with Gasteiger partial charge in [-0.15, -0.1) is 0 Å². The van der Waals surface area contributed by atoms with Gasteiger partial charge in [0.1, 0.15) is 0 Å². The van der Waals surface area contributed by atoms with Crippen molar-refractivity contribution in [3.8, 4) is 0 Å². The average Bonchev–Trinajstić information content (AvgIpc) is 1.87. The van der Waals surface area contributed by atoms with Crippen molar-refractivity contribution in [3.63, 3.8) is 0 Å². The molecule has 0 aromatic heterocycles. The Bertz CT molecular complexity index is 80.1. The van der Waals surface area contributed by atoms with Gasteiger partial charge in [0, 0.05) is 0 Å². The number of hydrogen-bond donors (Lipinski definition) is 1. The molecule has 0 heterocycles. The van der Waals surface area contributed by atoms with Gasteiger partial charge in [0.2, 0.25) is 0 Å². The van der Waals surface area contributed by atoms with Crippen LogP contribution in [0, 0.1) is 0 Å². The van der Waals surface area contributed by atoms with Crippen LogP contribution in [-0.4, -0.2) is 19.1 Å². The van der Waals surface area contributed by atoms with Gasteiger partial charge in [-0.25, -0.2) is 0 Å². The van der Waals surface area contributed by atoms with E-state index >= 15 is 0 Å². The lowest BCUT2D eigenvalue weighted by atomic mass is 9.87. The van der Waals surface area contributed by atoms with Crippen LogP contribution < -0.4 is 0 Å². The van der Waals surface area contributed by atoms with Crippen molar-refractivity contribution < 1.29 is 5.11 Å². The molecule has 1 rings (SSSR count). The summed E-state index contributed by atoms with van der Waals surface area (Å²) in [6.45, 7) is 0. The van der Waals surface area contributed by atoms with Gasteiger partial charge in [-0.05, 0) is 6.42 Å². The summed E-state index contributed by atoms with van der Waals surface area (Å²) in [6.07, 6.45) is 3.96. The SMILES string of the molecule is [B]C1C=CC(O)C1. The van der Waals surface area contributed by atoms with Gasteiger partial charge in [-0.2, -0.15) is 0 Å². The highest BCUT2D eigenvalue weighted by molar-refractivity contribution is 6.13. The quantitative estimate of drug-likeness (QED) is 0.337. The molecule has 2 unspecified atom stereocenters. The van der Waals surface area contributed by atoms with E-state index in [0.29, 0.717) is 6.42 Å². The van der Waals surface area contributed by atoms with Gasteiger partial charge >= 0.3 is 0 Å². The van der Waals surface area contributed by atoms with Gasteiger partial charge in [-0.3, -0.25) is 0 Å². The smallest absolute Gasteiger partial charge is 0.0756 e. The van der Waals surface area contributed by atoms with E-state index in [0.717, 1.165) is 0 Å². The van der Waals surface area contributed by atoms with Crippen LogP contribution in [-0.2, 0) is 0 Å². The molecule has 0 amide bonds. The van der Waals surface area contributed by atoms with Crippen LogP contribution in [0.3, 0.4) is 0 Å². The van der Waals surface area contributed by atoms with Crippen molar-refractivity contribution in [2.75, 3.05) is 0 Å². The zero-order chi connectivity index (χ0) is 5.28. The molecule has 1 aliphatic carbocycles. The maximum atomic E-state index is 8.73. The Hall–Kier alpha value is -0.235. The molecule has 0 fully saturated rings. The monoisotopic (exact) mass is 94.1 g/mol. The first-order valence-electron chi connectivity index (χ1n) is 2.41. The Morgan fingerprint density at radius 1 is 1.57 bits per heavy atom. The van der Waals surface area contributed by atoms with E-state index in [1.165, 1.54) is 0 Å². The minimum atomic E-state index is -0.282. The molecule has 1 N–H and O–H groups in total. The van der Waals surface area contributed by atoms with E-state index < -0.39 is 0 Å². The zero-order valence-corrected chi connectivity index (χ0v) is 4.04. The molecule has 1 aliphatic rings. The van der Waals surface area contributed by atoms with Gasteiger partial charge in [0.25, 0.3) is 0 Å². The fourth-order valence-electron chi connectivity index (χ4n) is 0.707. The molecule has 36 valence electrons. The first-order valence-corrected chi connectivity index (χ1v) is 2.41. The topological polar surface area (TPSA) is 20.2 Å². The number of hydrogen-bond acceptors (Lipinski definition) is 1. The second-order valence-corrected chi connectivity index (χ2v) is 1.85. The number of rotatable bonds is 0. The molecular formula is C5H7BO. The van der Waals surface area contributed by atoms with Crippen molar-refractivity contribution in [1.82, 2.24) is 0 Å². The highest BCUT2D eigenvalue weighted by Crippen LogP contribution is 2.18. The molecule has 0 saturated carbocycles. The summed E-state index contributed by atoms with van der Waals surface area (Å²) in [5.74, 6) is 0.0926. The van der Waals surface area contributed by atoms with E-state index in [4.69, 9.17) is 13.0 Å². The van der Waals surface area contributed by atoms with Gasteiger partial charge in [0.15, 0.2) is 0 Å². The van der Waals surface area contributed by atoms with E-state index in [1.807, 2.05) is 6.08 Å². The molecule has 0 spiro atoms. The van der Waals surface area contributed by atoms with Crippen molar-refractivity contribution in [2.24, 2.45) is 0 Å². The lowest BCUT2D eigenvalue weighted by molar-refractivity contribution is 0.223. The van der Waals surface area contributed by atoms with Gasteiger partial charge in [-0.1, -0.05) is 18.0 Å². The molecule has 1 nitrogen and oxygen atoms in total. The Morgan fingerprint density at radius 3 is 2.43 bits per heavy atom. The van der Waals surface area contributed by atoms with Crippen LogP contribution in [0.5, 0.6) is 0 Å². The minimum Gasteiger partial charge on any atom is -0.389 e. The Labute approximate surface area is 44.4 Å². The standard InChI is InChI=1S/C5H7BO/c6-4-1-2-5(7)3-4/h1-2,4-5,7H,3H2. The fraction of sp³-hybridized carbons (Fsp3) is 0.600. The second-order valence-electron chi connectivity index (χ2n) is 1.85. The van der Waals surface area contributed by atoms with Gasteiger partial charge in [0.05, 0.1) is 14.0 Å². The summed E-state index contributed by atoms with van der Waals surface area (Å²) >= 11 is 0. The molecular weight excluding hydrogens is 86.9 g/mol. The largest absolute Gasteiger partial charge is 0.389 e. The normalized spacial score (nSPS) is 39.6. The maximum absolute atomic E-state index is 8.73. The summed E-state index contributed by atoms with van der Waals surface area (Å²) in [5.41, 5.74) is 0. The maximum Gasteiger partial charge on any atom is 0.0756 e. The highest BCUT2D eigenvalue weighted by atomic mass is 16.3. The first kappa shape index (κ1) is 4.91. The lowest BCUT2D eigenvalue weighted by Crippen LogP contribution is -1.97. The number of aliphatic hydroxyl groups excluding tert-OH is 1. The van der Waals surface area contributed by atoms with Crippen LogP contribution in [0.15, 0.2) is 12.2 Å². The predicted octanol–water partition coefficient (Wildman–Crippen LogP) is 0.264. The molecule has 2 radical (unpaired) electrons. The molecule has 0 aromatic carbocycles. The number of aliphatic hydroxyl groups is 1. The van der Waals surface area contributed by atoms with Crippen LogP contribution in [0.1, 0.15) is 6.42 Å². The van der Waals surface area contributed by atoms with Crippen LogP contribution >= 0.6 is 0 Å². The average molecular weight is 93.9 g/mol. The van der Waals surface area contributed by atoms with Crippen LogP contribution in [0.2, 0.25) is 5.82 Å². The third-order valence-corrected chi connectivity index (χ3v) is 1.09. The van der Waals surface area contributed by atoms with Gasteiger partial charge < -0.3 is 5.11 Å². The lowest BCUT2D eigenvalue weighted by Gasteiger charge is -1.97. The van der Waals surface area contributed by atoms with Crippen LogP contribution in [0.25, 0.3) is 0 Å². The zero-order valence-electron chi connectivity index (χ0n) is 4.04. The minimum absolute atomic E-state index is 0.0926. The third-order valence-electron chi connectivity index (χ3n) is 1.09. The predicted molar refractivity (Wildman–Crippen MR) is 29.3 cm³/mol. The summed E-state index contributed by atoms with van der Waals surface area (Å²) in [5, 5.41) is 8.73. The molecule has 0 saturated heterocycles. The highest BCUT2D eigenvalue weighted by Gasteiger charge is 2.09. The summed E-state index contributed by atoms with van der Waals surface area (Å²) < 4.78 is 0. The van der Waals surface area contributed by atoms with E-state index in [2.05, 4.69) is 0 Å². The molecule has 0 aromatic rings. The summed E-state index contributed by atoms with van der Waals surface area (Å²) in [7, 11) is 5.38. The van der Waals surface area contributed by atoms with Crippen molar-refractivity contribution >= 4 is 7.85 Å². The fourth-order valence-corrected chi connectivity index (χ4v) is 0.707. The molecule has 0 aliphatic heterocycles. The van der Waals surface area contributed by atoms with E-state index in [-0.39, 0.29) is 11.9 Å². The Balaban J connectivity index is 2.42. The summed E-state index contributed by atoms with van der Waals surface area (Å²) in [4.78, 5) is 0. The van der Waals surface area contributed by atoms with Crippen molar-refractivity contribution in [1.29, 1.82) is 0 Å². The van der Waals surface area contributed by atoms with Crippen LogP contribution in [0.4, 0.5) is 0 Å². The third kappa shape index (κ3) is 1.06. The first-order chi connectivity index (χ1) is 3.29. The molecule has 0 bridgehead atoms. The summed E-state index contributed by atoms with van der Waals surface area (Å²) in [6, 6.07) is 0. The molecule has 2 atom stereocenters. The van der Waals surface area contributed by atoms with E-state index in [1.54, 1.807) is 6.08 Å². The number of allylic oxidation sites excluding steroid dienone is 1. The van der Waals surface area contributed by atoms with E-state index in [9.17, 15) is 0 Å². The van der Waals surface area contributed by atoms with Crippen molar-refractivity contribution in [2.45, 2.75) is 18.3 Å². The second kappa shape index (κ2) is 1.70. The Morgan fingerprint density at radius 2 is 2.29 bits per heavy atom. The molecule has 2 heteroatoms. The Kier molecular flexibility index (Phi) is 1.20. The van der Waals surface area contributed by atoms with Crippen molar-refractivity contribution in [3.05, 3.63) is 12.2 Å².